The second kappa shape index (κ2) is 9.29. The van der Waals surface area contributed by atoms with Crippen LogP contribution in [0.5, 0.6) is 0 Å². The lowest BCUT2D eigenvalue weighted by Gasteiger charge is -2.11. The van der Waals surface area contributed by atoms with Crippen LogP contribution in [-0.2, 0) is 6.54 Å². The van der Waals surface area contributed by atoms with Gasteiger partial charge in [0.1, 0.15) is 0 Å². The van der Waals surface area contributed by atoms with Crippen molar-refractivity contribution in [1.29, 1.82) is 0 Å². The summed E-state index contributed by atoms with van der Waals surface area (Å²) in [5.41, 5.74) is 7.50. The third kappa shape index (κ3) is 5.05. The van der Waals surface area contributed by atoms with Crippen LogP contribution < -0.4 is 5.32 Å². The van der Waals surface area contributed by atoms with Crippen molar-refractivity contribution < 1.29 is 4.79 Å². The second-order valence-electron chi connectivity index (χ2n) is 7.30. The summed E-state index contributed by atoms with van der Waals surface area (Å²) in [5, 5.41) is 3.47. The lowest BCUT2D eigenvalue weighted by Crippen LogP contribution is -2.15. The molecule has 3 rings (SSSR count). The topological polar surface area (TPSA) is 29.1 Å². The van der Waals surface area contributed by atoms with Crippen LogP contribution in [-0.4, -0.2) is 12.3 Å². The highest BCUT2D eigenvalue weighted by Crippen LogP contribution is 2.23. The molecule has 0 radical (unpaired) electrons. The van der Waals surface area contributed by atoms with Crippen molar-refractivity contribution in [3.05, 3.63) is 107 Å². The van der Waals surface area contributed by atoms with E-state index in [4.69, 9.17) is 0 Å². The summed E-state index contributed by atoms with van der Waals surface area (Å²) in [7, 11) is 0. The van der Waals surface area contributed by atoms with Gasteiger partial charge >= 0.3 is 0 Å². The van der Waals surface area contributed by atoms with Crippen LogP contribution in [0.3, 0.4) is 0 Å². The number of ketones is 1. The summed E-state index contributed by atoms with van der Waals surface area (Å²) in [4.78, 5) is 12.5. The zero-order chi connectivity index (χ0) is 19.9. The molecule has 142 valence electrons. The Labute approximate surface area is 167 Å². The Morgan fingerprint density at radius 3 is 2.18 bits per heavy atom. The highest BCUT2D eigenvalue weighted by Gasteiger charge is 2.09. The average Bonchev–Trinajstić information content (AvgIpc) is 2.72. The van der Waals surface area contributed by atoms with Crippen molar-refractivity contribution in [3.8, 4) is 11.1 Å². The van der Waals surface area contributed by atoms with E-state index >= 15 is 0 Å². The summed E-state index contributed by atoms with van der Waals surface area (Å²) in [6, 6.07) is 23.8. The molecule has 0 aromatic heterocycles. The molecule has 1 N–H and O–H groups in total. The number of carbonyl (C=O) groups excluding carboxylic acids is 1. The van der Waals surface area contributed by atoms with Gasteiger partial charge in [0, 0.05) is 17.7 Å². The first kappa shape index (κ1) is 19.8. The smallest absolute Gasteiger partial charge is 0.193 e. The van der Waals surface area contributed by atoms with E-state index in [1.807, 2.05) is 54.6 Å². The zero-order valence-corrected chi connectivity index (χ0v) is 16.7. The SMILES string of the molecule is C=C(C)CCNCc1ccc(-c2ccc(C(=O)c3ccccc3)cc2)cc1C. The van der Waals surface area contributed by atoms with Gasteiger partial charge in [0.15, 0.2) is 5.78 Å². The quantitative estimate of drug-likeness (QED) is 0.302. The molecular formula is C26H27NO. The van der Waals surface area contributed by atoms with Crippen molar-refractivity contribution in [1.82, 2.24) is 5.32 Å². The zero-order valence-electron chi connectivity index (χ0n) is 16.7. The molecule has 0 fully saturated rings. The number of hydrogen-bond donors (Lipinski definition) is 1. The van der Waals surface area contributed by atoms with Crippen LogP contribution in [0.2, 0.25) is 0 Å². The molecule has 3 aromatic rings. The van der Waals surface area contributed by atoms with Gasteiger partial charge in [0.2, 0.25) is 0 Å². The van der Waals surface area contributed by atoms with E-state index in [0.717, 1.165) is 30.6 Å². The van der Waals surface area contributed by atoms with E-state index in [1.165, 1.54) is 22.3 Å². The predicted octanol–water partition coefficient (Wildman–Crippen LogP) is 5.95. The van der Waals surface area contributed by atoms with Crippen molar-refractivity contribution in [2.75, 3.05) is 6.54 Å². The Morgan fingerprint density at radius 1 is 0.893 bits per heavy atom. The van der Waals surface area contributed by atoms with E-state index in [1.54, 1.807) is 0 Å². The van der Waals surface area contributed by atoms with Gasteiger partial charge in [-0.25, -0.2) is 0 Å². The Balaban J connectivity index is 1.69. The summed E-state index contributed by atoms with van der Waals surface area (Å²) >= 11 is 0. The average molecular weight is 370 g/mol. The molecule has 0 aliphatic rings. The monoisotopic (exact) mass is 369 g/mol. The van der Waals surface area contributed by atoms with Crippen molar-refractivity contribution >= 4 is 5.78 Å². The first-order valence-corrected chi connectivity index (χ1v) is 9.69. The Bertz CT molecular complexity index is 955. The summed E-state index contributed by atoms with van der Waals surface area (Å²) in [5.74, 6) is 0.0551. The number of benzene rings is 3. The first-order chi connectivity index (χ1) is 13.5. The molecule has 0 atom stereocenters. The molecule has 0 saturated heterocycles. The Kier molecular flexibility index (Phi) is 6.57. The van der Waals surface area contributed by atoms with Crippen LogP contribution in [0.1, 0.15) is 40.4 Å². The number of aryl methyl sites for hydroxylation is 1. The van der Waals surface area contributed by atoms with E-state index in [-0.39, 0.29) is 5.78 Å². The van der Waals surface area contributed by atoms with E-state index in [0.29, 0.717) is 5.56 Å². The van der Waals surface area contributed by atoms with Crippen LogP contribution >= 0.6 is 0 Å². The molecular weight excluding hydrogens is 342 g/mol. The Morgan fingerprint density at radius 2 is 1.54 bits per heavy atom. The summed E-state index contributed by atoms with van der Waals surface area (Å²) < 4.78 is 0. The minimum absolute atomic E-state index is 0.0551. The molecule has 2 heteroatoms. The summed E-state index contributed by atoms with van der Waals surface area (Å²) in [6.45, 7) is 9.95. The minimum Gasteiger partial charge on any atom is -0.312 e. The first-order valence-electron chi connectivity index (χ1n) is 9.69. The molecule has 0 spiro atoms. The fraction of sp³-hybridized carbons (Fsp3) is 0.192. The number of hydrogen-bond acceptors (Lipinski definition) is 2. The van der Waals surface area contributed by atoms with Crippen LogP contribution in [0.25, 0.3) is 11.1 Å². The maximum atomic E-state index is 12.5. The van der Waals surface area contributed by atoms with Gasteiger partial charge in [-0.05, 0) is 49.1 Å². The van der Waals surface area contributed by atoms with Crippen LogP contribution in [0.15, 0.2) is 84.9 Å². The maximum absolute atomic E-state index is 12.5. The fourth-order valence-electron chi connectivity index (χ4n) is 3.17. The van der Waals surface area contributed by atoms with Gasteiger partial charge in [0.05, 0.1) is 0 Å². The van der Waals surface area contributed by atoms with Crippen molar-refractivity contribution in [2.45, 2.75) is 26.8 Å². The maximum Gasteiger partial charge on any atom is 0.193 e. The molecule has 0 amide bonds. The molecule has 0 aliphatic heterocycles. The molecule has 3 aromatic carbocycles. The predicted molar refractivity (Wildman–Crippen MR) is 118 cm³/mol. The molecule has 0 heterocycles. The molecule has 28 heavy (non-hydrogen) atoms. The van der Waals surface area contributed by atoms with E-state index in [9.17, 15) is 4.79 Å². The van der Waals surface area contributed by atoms with Crippen LogP contribution in [0.4, 0.5) is 0 Å². The lowest BCUT2D eigenvalue weighted by molar-refractivity contribution is 0.103. The number of nitrogens with one attached hydrogen (secondary N) is 1. The highest BCUT2D eigenvalue weighted by molar-refractivity contribution is 6.09. The molecule has 0 aliphatic carbocycles. The standard InChI is InChI=1S/C26H27NO/c1-19(2)15-16-27-18-25-14-13-24(17-20(25)3)21-9-11-23(12-10-21)26(28)22-7-5-4-6-8-22/h4-14,17,27H,1,15-16,18H2,2-3H3. The third-order valence-electron chi connectivity index (χ3n) is 4.90. The van der Waals surface area contributed by atoms with Crippen molar-refractivity contribution in [2.24, 2.45) is 0 Å². The molecule has 0 unspecified atom stereocenters. The lowest BCUT2D eigenvalue weighted by atomic mass is 9.97. The Hall–Kier alpha value is -2.97. The van der Waals surface area contributed by atoms with E-state index in [2.05, 4.69) is 43.9 Å². The normalized spacial score (nSPS) is 10.6. The van der Waals surface area contributed by atoms with Gasteiger partial charge in [0.25, 0.3) is 0 Å². The molecule has 2 nitrogen and oxygen atoms in total. The fourth-order valence-corrected chi connectivity index (χ4v) is 3.17. The van der Waals surface area contributed by atoms with E-state index < -0.39 is 0 Å². The van der Waals surface area contributed by atoms with Crippen LogP contribution in [0, 0.1) is 6.92 Å². The van der Waals surface area contributed by atoms with Gasteiger partial charge < -0.3 is 5.32 Å². The second-order valence-corrected chi connectivity index (χ2v) is 7.30. The molecule has 0 bridgehead atoms. The number of rotatable bonds is 8. The largest absolute Gasteiger partial charge is 0.312 e. The number of carbonyl (C=O) groups is 1. The minimum atomic E-state index is 0.0551. The summed E-state index contributed by atoms with van der Waals surface area (Å²) in [6.07, 6.45) is 1.01. The van der Waals surface area contributed by atoms with Gasteiger partial charge in [-0.15, -0.1) is 6.58 Å². The third-order valence-corrected chi connectivity index (χ3v) is 4.90. The van der Waals surface area contributed by atoms with Crippen molar-refractivity contribution in [3.63, 3.8) is 0 Å². The van der Waals surface area contributed by atoms with Gasteiger partial charge in [-0.2, -0.15) is 0 Å². The van der Waals surface area contributed by atoms with Gasteiger partial charge in [-0.3, -0.25) is 4.79 Å². The van der Waals surface area contributed by atoms with Gasteiger partial charge in [-0.1, -0.05) is 78.4 Å². The molecule has 0 saturated carbocycles. The highest BCUT2D eigenvalue weighted by atomic mass is 16.1.